The third-order valence-corrected chi connectivity index (χ3v) is 20.8. The number of para-hydroxylation sites is 2. The van der Waals surface area contributed by atoms with Crippen molar-refractivity contribution < 1.29 is 0 Å². The quantitative estimate of drug-likeness (QED) is 0.126. The number of fused-ring (bicyclic) bond motifs is 10. The molecule has 0 saturated heterocycles. The number of anilines is 6. The van der Waals surface area contributed by atoms with Crippen molar-refractivity contribution in [1.82, 2.24) is 0 Å². The Morgan fingerprint density at radius 3 is 1.81 bits per heavy atom. The molecule has 17 rings (SSSR count). The first kappa shape index (κ1) is 53.9. The third kappa shape index (κ3) is 8.82. The minimum absolute atomic E-state index is 0.00946. The zero-order valence-electron chi connectivity index (χ0n) is 51.6. The molecule has 2 nitrogen and oxygen atoms in total. The number of benzene rings is 12. The van der Waals surface area contributed by atoms with E-state index in [1.807, 2.05) is 0 Å². The third-order valence-electron chi connectivity index (χ3n) is 20.8. The molecule has 2 heteroatoms. The highest BCUT2D eigenvalue weighted by Crippen LogP contribution is 2.56. The van der Waals surface area contributed by atoms with Gasteiger partial charge in [0.15, 0.2) is 0 Å². The molecule has 0 N–H and O–H groups in total. The van der Waals surface area contributed by atoms with Gasteiger partial charge in [-0.2, -0.15) is 0 Å². The van der Waals surface area contributed by atoms with Crippen molar-refractivity contribution in [3.63, 3.8) is 0 Å². The molecule has 0 fully saturated rings. The molecule has 0 heterocycles. The monoisotopic (exact) mass is 1150 g/mol. The fraction of sp³-hybridized carbons (Fsp3) is 0.136. The normalized spacial score (nSPS) is 17.2. The van der Waals surface area contributed by atoms with Crippen LogP contribution in [0.3, 0.4) is 0 Å². The van der Waals surface area contributed by atoms with Gasteiger partial charge in [-0.1, -0.05) is 234 Å². The molecular weight excluding hydrogens is 1080 g/mol. The molecule has 2 atom stereocenters. The van der Waals surface area contributed by atoms with E-state index in [0.29, 0.717) is 11.8 Å². The molecule has 5 aliphatic rings. The van der Waals surface area contributed by atoms with Gasteiger partial charge in [-0.15, -0.1) is 0 Å². The summed E-state index contributed by atoms with van der Waals surface area (Å²) in [5.41, 5.74) is 27.9. The Hall–Kier alpha value is -10.3. The second kappa shape index (κ2) is 21.2. The predicted molar refractivity (Wildman–Crippen MR) is 382 cm³/mol. The standard InChI is InChI=1S/C88H70N2/c1-87(2)81-35-17-15-33-73(81)75-45-39-63(53-83(75)87)59-25-19-27-65(49-59)85-77-47-43-72(90(68-31-9-6-10-32-68)70-42-38-58-22-12-14-24-62(58)52-70)56-80(77)86(66-28-20-26-60(50-66)64-40-46-76-74-34-16-18-36-82(74)88(3,4)84(76)54-64)78-48-44-71(55-79(78)85)89(67-29-7-5-8-30-67)69-41-37-57-21-11-13-23-61(57)51-69/h5-13,15-19,21-23,25-27,29-56,76,84H,14,20,24,28H2,1-4H3. The van der Waals surface area contributed by atoms with Gasteiger partial charge < -0.3 is 9.80 Å². The topological polar surface area (TPSA) is 6.48 Å². The predicted octanol–water partition coefficient (Wildman–Crippen LogP) is 24.0. The lowest BCUT2D eigenvalue weighted by molar-refractivity contribution is 0.393. The Labute approximate surface area is 529 Å². The molecule has 0 bridgehead atoms. The van der Waals surface area contributed by atoms with Gasteiger partial charge in [-0.25, -0.2) is 0 Å². The van der Waals surface area contributed by atoms with E-state index in [1.54, 1.807) is 0 Å². The molecule has 12 aromatic carbocycles. The minimum atomic E-state index is -0.122. The Morgan fingerprint density at radius 2 is 1.02 bits per heavy atom. The van der Waals surface area contributed by atoms with E-state index in [0.717, 1.165) is 54.1 Å². The van der Waals surface area contributed by atoms with E-state index >= 15 is 0 Å². The maximum absolute atomic E-state index is 2.62. The molecule has 5 aliphatic carbocycles. The van der Waals surface area contributed by atoms with Crippen LogP contribution in [0.1, 0.15) is 91.8 Å². The molecule has 0 aliphatic heterocycles. The van der Waals surface area contributed by atoms with Gasteiger partial charge >= 0.3 is 0 Å². The van der Waals surface area contributed by atoms with Gasteiger partial charge in [0.1, 0.15) is 0 Å². The molecular formula is C88H70N2. The summed E-state index contributed by atoms with van der Waals surface area (Å²) in [6.45, 7) is 9.67. The average Bonchev–Trinajstić information content (AvgIpc) is 0.901. The van der Waals surface area contributed by atoms with Crippen LogP contribution in [0, 0.1) is 5.92 Å². The van der Waals surface area contributed by atoms with Crippen LogP contribution in [0.25, 0.3) is 77.3 Å². The highest BCUT2D eigenvalue weighted by atomic mass is 15.1. The largest absolute Gasteiger partial charge is 0.310 e. The van der Waals surface area contributed by atoms with E-state index in [2.05, 4.69) is 329 Å². The van der Waals surface area contributed by atoms with Crippen LogP contribution in [0.15, 0.2) is 296 Å². The minimum Gasteiger partial charge on any atom is -0.310 e. The summed E-state index contributed by atoms with van der Waals surface area (Å²) < 4.78 is 0. The van der Waals surface area contributed by atoms with Crippen LogP contribution < -0.4 is 9.80 Å². The van der Waals surface area contributed by atoms with E-state index in [4.69, 9.17) is 0 Å². The number of aryl methyl sites for hydroxylation is 1. The highest BCUT2D eigenvalue weighted by molar-refractivity contribution is 6.20. The number of allylic oxidation sites excluding steroid dienone is 9. The van der Waals surface area contributed by atoms with Crippen LogP contribution in [0.5, 0.6) is 0 Å². The summed E-state index contributed by atoms with van der Waals surface area (Å²) in [4.78, 5) is 4.94. The molecule has 2 unspecified atom stereocenters. The lowest BCUT2D eigenvalue weighted by Gasteiger charge is -2.31. The van der Waals surface area contributed by atoms with Crippen molar-refractivity contribution in [2.45, 2.75) is 70.1 Å². The number of hydrogen-bond donors (Lipinski definition) is 0. The van der Waals surface area contributed by atoms with Crippen molar-refractivity contribution in [3.8, 4) is 33.4 Å². The Morgan fingerprint density at radius 1 is 0.400 bits per heavy atom. The summed E-state index contributed by atoms with van der Waals surface area (Å²) >= 11 is 0. The van der Waals surface area contributed by atoms with Crippen molar-refractivity contribution >= 4 is 78.1 Å². The van der Waals surface area contributed by atoms with Crippen LogP contribution in [0.4, 0.5) is 34.1 Å². The zero-order valence-corrected chi connectivity index (χ0v) is 51.6. The van der Waals surface area contributed by atoms with Crippen molar-refractivity contribution in [2.75, 3.05) is 9.80 Å². The van der Waals surface area contributed by atoms with Gasteiger partial charge in [0.25, 0.3) is 0 Å². The summed E-state index contributed by atoms with van der Waals surface area (Å²) in [6, 6.07) is 94.1. The second-order valence-corrected chi connectivity index (χ2v) is 26.6. The zero-order chi connectivity index (χ0) is 60.2. The number of nitrogens with zero attached hydrogens (tertiary/aromatic N) is 2. The van der Waals surface area contributed by atoms with E-state index in [-0.39, 0.29) is 10.8 Å². The molecule has 432 valence electrons. The molecule has 0 aromatic heterocycles. The molecule has 12 aromatic rings. The summed E-state index contributed by atoms with van der Waals surface area (Å²) in [7, 11) is 0. The molecule has 90 heavy (non-hydrogen) atoms. The van der Waals surface area contributed by atoms with E-state index < -0.39 is 0 Å². The van der Waals surface area contributed by atoms with Gasteiger partial charge in [-0.3, -0.25) is 0 Å². The Balaban J connectivity index is 0.922. The van der Waals surface area contributed by atoms with E-state index in [9.17, 15) is 0 Å². The van der Waals surface area contributed by atoms with Crippen LogP contribution >= 0.6 is 0 Å². The number of hydrogen-bond acceptors (Lipinski definition) is 2. The fourth-order valence-corrected chi connectivity index (χ4v) is 16.3. The fourth-order valence-electron chi connectivity index (χ4n) is 16.3. The lowest BCUT2D eigenvalue weighted by Crippen LogP contribution is -2.25. The summed E-state index contributed by atoms with van der Waals surface area (Å²) in [6.07, 6.45) is 21.2. The highest BCUT2D eigenvalue weighted by Gasteiger charge is 2.45. The maximum Gasteiger partial charge on any atom is 0.0468 e. The second-order valence-electron chi connectivity index (χ2n) is 26.6. The lowest BCUT2D eigenvalue weighted by atomic mass is 9.72. The van der Waals surface area contributed by atoms with Gasteiger partial charge in [0, 0.05) is 45.5 Å². The van der Waals surface area contributed by atoms with Crippen molar-refractivity contribution in [1.29, 1.82) is 0 Å². The van der Waals surface area contributed by atoms with Crippen LogP contribution in [-0.4, -0.2) is 0 Å². The SMILES string of the molecule is CC1(C)c2ccccc2-c2ccc(-c3cccc(-c4c5ccc(N(c6ccccc6)c6ccc7c(c6)CCC=C7)cc5c(C5=CC(C6=CC7C(C=C6)c6ccccc6C7(C)C)=CCC5)c5ccc(N(c6ccccc6)c6ccc7ccccc7c6)cc45)c3)cc21. The van der Waals surface area contributed by atoms with E-state index in [1.165, 1.54) is 127 Å². The maximum atomic E-state index is 2.62. The van der Waals surface area contributed by atoms with Crippen LogP contribution in [-0.2, 0) is 17.3 Å². The smallest absolute Gasteiger partial charge is 0.0468 e. The Kier molecular flexibility index (Phi) is 12.7. The first-order chi connectivity index (χ1) is 44.1. The van der Waals surface area contributed by atoms with Gasteiger partial charge in [-0.05, 0) is 243 Å². The first-order valence-corrected chi connectivity index (χ1v) is 32.4. The molecule has 0 spiro atoms. The summed E-state index contributed by atoms with van der Waals surface area (Å²) in [5, 5.41) is 7.37. The summed E-state index contributed by atoms with van der Waals surface area (Å²) in [5.74, 6) is 0.737. The van der Waals surface area contributed by atoms with Crippen molar-refractivity contribution in [2.24, 2.45) is 5.92 Å². The van der Waals surface area contributed by atoms with Crippen LogP contribution in [0.2, 0.25) is 0 Å². The Bertz CT molecular complexity index is 5080. The molecule has 0 amide bonds. The average molecular weight is 1160 g/mol. The number of rotatable bonds is 10. The first-order valence-electron chi connectivity index (χ1n) is 32.4. The molecule has 0 saturated carbocycles. The van der Waals surface area contributed by atoms with Gasteiger partial charge in [0.2, 0.25) is 0 Å². The molecule has 0 radical (unpaired) electrons. The van der Waals surface area contributed by atoms with Crippen molar-refractivity contribution in [3.05, 3.63) is 335 Å². The van der Waals surface area contributed by atoms with Gasteiger partial charge in [0.05, 0.1) is 0 Å².